The minimum absolute atomic E-state index is 0.171. The fourth-order valence-electron chi connectivity index (χ4n) is 2.87. The van der Waals surface area contributed by atoms with E-state index in [1.807, 2.05) is 6.92 Å². The second kappa shape index (κ2) is 7.41. The van der Waals surface area contributed by atoms with Crippen molar-refractivity contribution in [3.8, 4) is 0 Å². The number of ether oxygens (including phenoxy) is 1. The number of esters is 1. The number of hydrogen-bond donors (Lipinski definition) is 1. The van der Waals surface area contributed by atoms with Crippen molar-refractivity contribution in [2.45, 2.75) is 25.3 Å². The minimum Gasteiger partial charge on any atom is -0.468 e. The molecule has 0 spiro atoms. The first-order valence-electron chi connectivity index (χ1n) is 7.33. The summed E-state index contributed by atoms with van der Waals surface area (Å²) >= 11 is 0. The first-order chi connectivity index (χ1) is 9.74. The lowest BCUT2D eigenvalue weighted by Crippen LogP contribution is -2.46. The Morgan fingerprint density at radius 2 is 2.20 bits per heavy atom. The van der Waals surface area contributed by atoms with Crippen LogP contribution in [0, 0.1) is 0 Å². The summed E-state index contributed by atoms with van der Waals surface area (Å²) in [5.74, 6) is 0.408. The number of nitrogens with one attached hydrogen (secondary N) is 1. The molecule has 1 fully saturated rings. The van der Waals surface area contributed by atoms with Crippen LogP contribution in [0.5, 0.6) is 0 Å². The lowest BCUT2D eigenvalue weighted by molar-refractivity contribution is -0.143. The monoisotopic (exact) mass is 276 g/mol. The summed E-state index contributed by atoms with van der Waals surface area (Å²) < 4.78 is 4.86. The van der Waals surface area contributed by atoms with Gasteiger partial charge in [0.05, 0.1) is 7.11 Å². The summed E-state index contributed by atoms with van der Waals surface area (Å²) in [6.07, 6.45) is 1.16. The molecule has 2 rings (SSSR count). The minimum atomic E-state index is -0.223. The van der Waals surface area contributed by atoms with Gasteiger partial charge >= 0.3 is 5.97 Å². The number of carbonyl (C=O) groups is 1. The molecule has 0 saturated carbocycles. The van der Waals surface area contributed by atoms with Gasteiger partial charge in [-0.05, 0) is 31.0 Å². The van der Waals surface area contributed by atoms with E-state index in [0.29, 0.717) is 5.92 Å². The molecule has 0 aliphatic carbocycles. The molecule has 20 heavy (non-hydrogen) atoms. The van der Waals surface area contributed by atoms with Gasteiger partial charge in [0.2, 0.25) is 0 Å². The third-order valence-corrected chi connectivity index (χ3v) is 3.92. The Bertz CT molecular complexity index is 422. The maximum atomic E-state index is 11.7. The van der Waals surface area contributed by atoms with Gasteiger partial charge in [0.15, 0.2) is 0 Å². The molecule has 0 aromatic heterocycles. The predicted molar refractivity (Wildman–Crippen MR) is 79.7 cm³/mol. The number of hydrogen-bond acceptors (Lipinski definition) is 4. The molecule has 1 saturated heterocycles. The molecule has 0 bridgehead atoms. The first kappa shape index (κ1) is 15.0. The second-order valence-corrected chi connectivity index (χ2v) is 5.29. The third-order valence-electron chi connectivity index (χ3n) is 3.92. The number of carbonyl (C=O) groups excluding carboxylic acids is 1. The number of methoxy groups -OCH3 is 1. The fourth-order valence-corrected chi connectivity index (χ4v) is 2.87. The predicted octanol–water partition coefficient (Wildman–Crippen LogP) is 1.63. The summed E-state index contributed by atoms with van der Waals surface area (Å²) in [5, 5.41) is 3.20. The summed E-state index contributed by atoms with van der Waals surface area (Å²) in [6, 6.07) is 10.4. The van der Waals surface area contributed by atoms with Crippen molar-refractivity contribution in [2.24, 2.45) is 0 Å². The first-order valence-corrected chi connectivity index (χ1v) is 7.33. The summed E-state index contributed by atoms with van der Waals surface area (Å²) in [5.41, 5.74) is 1.40. The van der Waals surface area contributed by atoms with Gasteiger partial charge in [-0.2, -0.15) is 0 Å². The lowest BCUT2D eigenvalue weighted by atomic mass is 9.99. The van der Waals surface area contributed by atoms with E-state index in [2.05, 4.69) is 40.5 Å². The zero-order valence-corrected chi connectivity index (χ0v) is 12.3. The zero-order valence-electron chi connectivity index (χ0n) is 12.3. The molecule has 0 amide bonds. The molecule has 1 aromatic carbocycles. The SMILES string of the molecule is CCNC(CN1CCC(c2ccccc2)C1)C(=O)OC. The molecule has 1 aromatic rings. The van der Waals surface area contributed by atoms with Crippen LogP contribution in [0.3, 0.4) is 0 Å². The molecule has 1 N–H and O–H groups in total. The van der Waals surface area contributed by atoms with Gasteiger partial charge in [0, 0.05) is 13.1 Å². The van der Waals surface area contributed by atoms with Crippen molar-refractivity contribution in [3.05, 3.63) is 35.9 Å². The quantitative estimate of drug-likeness (QED) is 0.802. The Labute approximate surface area is 121 Å². The highest BCUT2D eigenvalue weighted by Crippen LogP contribution is 2.26. The van der Waals surface area contributed by atoms with Crippen molar-refractivity contribution in [3.63, 3.8) is 0 Å². The van der Waals surface area contributed by atoms with Gasteiger partial charge in [-0.15, -0.1) is 0 Å². The Balaban J connectivity index is 1.90. The van der Waals surface area contributed by atoms with Crippen LogP contribution in [0.2, 0.25) is 0 Å². The number of rotatable bonds is 6. The van der Waals surface area contributed by atoms with Gasteiger partial charge < -0.3 is 15.0 Å². The van der Waals surface area contributed by atoms with E-state index >= 15 is 0 Å². The van der Waals surface area contributed by atoms with E-state index in [9.17, 15) is 4.79 Å². The van der Waals surface area contributed by atoms with Crippen LogP contribution in [-0.2, 0) is 9.53 Å². The van der Waals surface area contributed by atoms with Gasteiger partial charge in [0.25, 0.3) is 0 Å². The van der Waals surface area contributed by atoms with Crippen LogP contribution in [0.15, 0.2) is 30.3 Å². The van der Waals surface area contributed by atoms with Crippen molar-refractivity contribution in [1.82, 2.24) is 10.2 Å². The van der Waals surface area contributed by atoms with Crippen molar-refractivity contribution < 1.29 is 9.53 Å². The molecule has 1 aliphatic heterocycles. The van der Waals surface area contributed by atoms with Gasteiger partial charge in [-0.25, -0.2) is 0 Å². The standard InChI is InChI=1S/C16H24N2O2/c1-3-17-15(16(19)20-2)12-18-10-9-14(11-18)13-7-5-4-6-8-13/h4-8,14-15,17H,3,9-12H2,1-2H3. The maximum Gasteiger partial charge on any atom is 0.324 e. The molecule has 4 nitrogen and oxygen atoms in total. The summed E-state index contributed by atoms with van der Waals surface area (Å²) in [6.45, 7) is 5.56. The smallest absolute Gasteiger partial charge is 0.324 e. The zero-order chi connectivity index (χ0) is 14.4. The van der Waals surface area contributed by atoms with Crippen LogP contribution in [0.4, 0.5) is 0 Å². The largest absolute Gasteiger partial charge is 0.468 e. The highest BCUT2D eigenvalue weighted by atomic mass is 16.5. The number of likely N-dealkylation sites (tertiary alicyclic amines) is 1. The molecule has 2 atom stereocenters. The molecule has 4 heteroatoms. The molecule has 1 heterocycles. The average Bonchev–Trinajstić information content (AvgIpc) is 2.95. The van der Waals surface area contributed by atoms with Crippen molar-refractivity contribution in [2.75, 3.05) is 33.3 Å². The Kier molecular flexibility index (Phi) is 5.56. The molecule has 2 unspecified atom stereocenters. The van der Waals surface area contributed by atoms with E-state index in [-0.39, 0.29) is 12.0 Å². The second-order valence-electron chi connectivity index (χ2n) is 5.29. The number of likely N-dealkylation sites (N-methyl/N-ethyl adjacent to an activating group) is 1. The van der Waals surface area contributed by atoms with Crippen LogP contribution in [-0.4, -0.2) is 50.2 Å². The van der Waals surface area contributed by atoms with Crippen LogP contribution in [0.25, 0.3) is 0 Å². The van der Waals surface area contributed by atoms with E-state index < -0.39 is 0 Å². The molecule has 0 radical (unpaired) electrons. The lowest BCUT2D eigenvalue weighted by Gasteiger charge is -2.22. The Hall–Kier alpha value is -1.39. The Morgan fingerprint density at radius 3 is 2.85 bits per heavy atom. The summed E-state index contributed by atoms with van der Waals surface area (Å²) in [4.78, 5) is 14.1. The average molecular weight is 276 g/mol. The topological polar surface area (TPSA) is 41.6 Å². The summed E-state index contributed by atoms with van der Waals surface area (Å²) in [7, 11) is 1.45. The highest BCUT2D eigenvalue weighted by Gasteiger charge is 2.28. The van der Waals surface area contributed by atoms with Crippen molar-refractivity contribution >= 4 is 5.97 Å². The van der Waals surface area contributed by atoms with Gasteiger partial charge in [-0.3, -0.25) is 4.79 Å². The maximum absolute atomic E-state index is 11.7. The molecular weight excluding hydrogens is 252 g/mol. The van der Waals surface area contributed by atoms with Gasteiger partial charge in [0.1, 0.15) is 6.04 Å². The molecular formula is C16H24N2O2. The van der Waals surface area contributed by atoms with E-state index in [1.165, 1.54) is 12.7 Å². The normalized spacial score (nSPS) is 20.8. The van der Waals surface area contributed by atoms with E-state index in [4.69, 9.17) is 4.74 Å². The molecule has 1 aliphatic rings. The van der Waals surface area contributed by atoms with E-state index in [1.54, 1.807) is 0 Å². The van der Waals surface area contributed by atoms with E-state index in [0.717, 1.165) is 32.6 Å². The fraction of sp³-hybridized carbons (Fsp3) is 0.562. The number of benzene rings is 1. The highest BCUT2D eigenvalue weighted by molar-refractivity contribution is 5.75. The molecule has 110 valence electrons. The van der Waals surface area contributed by atoms with Crippen LogP contribution >= 0.6 is 0 Å². The number of nitrogens with zero attached hydrogens (tertiary/aromatic N) is 1. The van der Waals surface area contributed by atoms with Gasteiger partial charge in [-0.1, -0.05) is 37.3 Å². The van der Waals surface area contributed by atoms with Crippen molar-refractivity contribution in [1.29, 1.82) is 0 Å². The van der Waals surface area contributed by atoms with Crippen LogP contribution in [0.1, 0.15) is 24.8 Å². The third kappa shape index (κ3) is 3.81. The van der Waals surface area contributed by atoms with Crippen LogP contribution < -0.4 is 5.32 Å². The Morgan fingerprint density at radius 1 is 1.45 bits per heavy atom.